The quantitative estimate of drug-likeness (QED) is 0.372. The van der Waals surface area contributed by atoms with Crippen molar-refractivity contribution < 1.29 is 14.3 Å². The van der Waals surface area contributed by atoms with Crippen molar-refractivity contribution in [2.45, 2.75) is 20.4 Å². The second-order valence-electron chi connectivity index (χ2n) is 7.36. The maximum atomic E-state index is 11.7. The highest BCUT2D eigenvalue weighted by Gasteiger charge is 2.16. The molecular formula is C25H25N3O3S. The van der Waals surface area contributed by atoms with Crippen molar-refractivity contribution in [2.75, 3.05) is 19.5 Å². The number of thiazole rings is 1. The molecule has 0 fully saturated rings. The Kier molecular flexibility index (Phi) is 6.28. The highest BCUT2D eigenvalue weighted by atomic mass is 32.1. The topological polar surface area (TPSA) is 65.4 Å². The molecule has 0 saturated heterocycles. The monoisotopic (exact) mass is 447 g/mol. The molecule has 4 rings (SSSR count). The van der Waals surface area contributed by atoms with Crippen molar-refractivity contribution in [3.8, 4) is 22.7 Å². The number of nitrogens with zero attached hydrogens (tertiary/aromatic N) is 2. The van der Waals surface area contributed by atoms with E-state index in [1.165, 1.54) is 7.11 Å². The molecule has 0 spiro atoms. The van der Waals surface area contributed by atoms with E-state index in [-0.39, 0.29) is 5.97 Å². The molecule has 0 radical (unpaired) electrons. The first-order valence-electron chi connectivity index (χ1n) is 10.2. The van der Waals surface area contributed by atoms with Gasteiger partial charge in [0.15, 0.2) is 5.13 Å². The zero-order valence-corrected chi connectivity index (χ0v) is 19.3. The van der Waals surface area contributed by atoms with Gasteiger partial charge in [0.2, 0.25) is 0 Å². The van der Waals surface area contributed by atoms with Crippen molar-refractivity contribution >= 4 is 22.4 Å². The number of benzene rings is 2. The largest absolute Gasteiger partial charge is 0.496 e. The van der Waals surface area contributed by atoms with E-state index in [1.807, 2.05) is 36.4 Å². The van der Waals surface area contributed by atoms with E-state index >= 15 is 0 Å². The fourth-order valence-corrected chi connectivity index (χ4v) is 4.49. The van der Waals surface area contributed by atoms with Crippen LogP contribution in [0.4, 0.5) is 5.13 Å². The molecule has 0 aliphatic heterocycles. The van der Waals surface area contributed by atoms with E-state index in [4.69, 9.17) is 14.5 Å². The van der Waals surface area contributed by atoms with Gasteiger partial charge in [-0.25, -0.2) is 9.78 Å². The van der Waals surface area contributed by atoms with Crippen LogP contribution in [0.2, 0.25) is 0 Å². The number of anilines is 1. The lowest BCUT2D eigenvalue weighted by molar-refractivity contribution is 0.0600. The van der Waals surface area contributed by atoms with Gasteiger partial charge in [0, 0.05) is 40.1 Å². The zero-order chi connectivity index (χ0) is 22.7. The number of rotatable bonds is 7. The summed E-state index contributed by atoms with van der Waals surface area (Å²) >= 11 is 1.58. The maximum Gasteiger partial charge on any atom is 0.337 e. The number of para-hydroxylation sites is 1. The third-order valence-electron chi connectivity index (χ3n) is 5.38. The summed E-state index contributed by atoms with van der Waals surface area (Å²) in [7, 11) is 3.06. The maximum absolute atomic E-state index is 11.7. The molecule has 0 aliphatic carbocycles. The van der Waals surface area contributed by atoms with Gasteiger partial charge >= 0.3 is 5.97 Å². The van der Waals surface area contributed by atoms with Crippen LogP contribution in [0.1, 0.15) is 27.3 Å². The average molecular weight is 448 g/mol. The van der Waals surface area contributed by atoms with E-state index < -0.39 is 0 Å². The Morgan fingerprint density at radius 1 is 1.09 bits per heavy atom. The van der Waals surface area contributed by atoms with Gasteiger partial charge in [-0.1, -0.05) is 18.2 Å². The summed E-state index contributed by atoms with van der Waals surface area (Å²) in [6.07, 6.45) is 0. The summed E-state index contributed by atoms with van der Waals surface area (Å²) in [5, 5.41) is 6.32. The van der Waals surface area contributed by atoms with Crippen molar-refractivity contribution in [3.63, 3.8) is 0 Å². The molecule has 0 atom stereocenters. The van der Waals surface area contributed by atoms with Crippen LogP contribution < -0.4 is 10.1 Å². The molecule has 0 saturated carbocycles. The highest BCUT2D eigenvalue weighted by Crippen LogP contribution is 2.32. The number of hydrogen-bond donors (Lipinski definition) is 1. The van der Waals surface area contributed by atoms with E-state index in [0.29, 0.717) is 12.1 Å². The van der Waals surface area contributed by atoms with Crippen LogP contribution in [0.15, 0.2) is 60.0 Å². The summed E-state index contributed by atoms with van der Waals surface area (Å²) in [6, 6.07) is 17.5. The number of carbonyl (C=O) groups excluding carboxylic acids is 1. The first kappa shape index (κ1) is 21.6. The lowest BCUT2D eigenvalue weighted by Gasteiger charge is -2.10. The molecule has 4 aromatic rings. The van der Waals surface area contributed by atoms with Crippen LogP contribution in [0.5, 0.6) is 5.75 Å². The molecule has 0 bridgehead atoms. The van der Waals surface area contributed by atoms with Gasteiger partial charge < -0.3 is 19.4 Å². The van der Waals surface area contributed by atoms with Crippen LogP contribution in [0.25, 0.3) is 16.9 Å². The highest BCUT2D eigenvalue weighted by molar-refractivity contribution is 7.14. The van der Waals surface area contributed by atoms with Gasteiger partial charge in [0.05, 0.1) is 25.5 Å². The number of aryl methyl sites for hydroxylation is 1. The van der Waals surface area contributed by atoms with Gasteiger partial charge in [0.25, 0.3) is 0 Å². The summed E-state index contributed by atoms with van der Waals surface area (Å²) in [5.74, 6) is 0.521. The predicted molar refractivity (Wildman–Crippen MR) is 128 cm³/mol. The molecule has 0 amide bonds. The summed E-state index contributed by atoms with van der Waals surface area (Å²) in [5.41, 5.74) is 6.81. The Hall–Kier alpha value is -3.58. The second kappa shape index (κ2) is 9.28. The SMILES string of the molecule is COC(=O)c1ccc(-n2c(C)cc(-c3csc(NCc4ccccc4OC)n3)c2C)cc1. The molecule has 2 aromatic carbocycles. The number of ether oxygens (including phenoxy) is 2. The second-order valence-corrected chi connectivity index (χ2v) is 8.22. The number of esters is 1. The van der Waals surface area contributed by atoms with Crippen LogP contribution in [-0.2, 0) is 11.3 Å². The van der Waals surface area contributed by atoms with E-state index in [2.05, 4.69) is 35.2 Å². The fraction of sp³-hybridized carbons (Fsp3) is 0.200. The average Bonchev–Trinajstić information content (AvgIpc) is 3.41. The minimum atomic E-state index is -0.339. The van der Waals surface area contributed by atoms with Crippen molar-refractivity contribution in [1.82, 2.24) is 9.55 Å². The first-order valence-corrected chi connectivity index (χ1v) is 11.1. The third-order valence-corrected chi connectivity index (χ3v) is 6.18. The van der Waals surface area contributed by atoms with E-state index in [9.17, 15) is 4.79 Å². The van der Waals surface area contributed by atoms with Crippen LogP contribution in [0.3, 0.4) is 0 Å². The summed E-state index contributed by atoms with van der Waals surface area (Å²) in [6.45, 7) is 4.79. The lowest BCUT2D eigenvalue weighted by atomic mass is 10.2. The normalized spacial score (nSPS) is 10.8. The molecule has 2 heterocycles. The van der Waals surface area contributed by atoms with Crippen LogP contribution in [0, 0.1) is 13.8 Å². The molecule has 6 nitrogen and oxygen atoms in total. The molecule has 164 valence electrons. The summed E-state index contributed by atoms with van der Waals surface area (Å²) < 4.78 is 12.4. The van der Waals surface area contributed by atoms with Gasteiger partial charge in [-0.05, 0) is 50.2 Å². The Labute approximate surface area is 191 Å². The molecule has 0 unspecified atom stereocenters. The van der Waals surface area contributed by atoms with Gasteiger partial charge in [-0.2, -0.15) is 0 Å². The van der Waals surface area contributed by atoms with Gasteiger partial charge in [-0.15, -0.1) is 11.3 Å². The molecular weight excluding hydrogens is 422 g/mol. The smallest absolute Gasteiger partial charge is 0.337 e. The number of aromatic nitrogens is 2. The minimum Gasteiger partial charge on any atom is -0.496 e. The first-order chi connectivity index (χ1) is 15.5. The van der Waals surface area contributed by atoms with E-state index in [1.54, 1.807) is 30.6 Å². The Bertz CT molecular complexity index is 1240. The predicted octanol–water partition coefficient (Wildman–Crippen LogP) is 5.62. The van der Waals surface area contributed by atoms with Crippen LogP contribution in [-0.4, -0.2) is 29.7 Å². The minimum absolute atomic E-state index is 0.339. The standard InChI is InChI=1S/C25H25N3O3S/c1-16-13-21(17(2)28(16)20-11-9-18(10-12-20)24(29)31-4)22-15-32-25(27-22)26-14-19-7-5-6-8-23(19)30-3/h5-13,15H,14H2,1-4H3,(H,26,27). The number of hydrogen-bond acceptors (Lipinski definition) is 6. The Balaban J connectivity index is 1.55. The van der Waals surface area contributed by atoms with Gasteiger partial charge in [-0.3, -0.25) is 0 Å². The van der Waals surface area contributed by atoms with Crippen molar-refractivity contribution in [3.05, 3.63) is 82.5 Å². The fourth-order valence-electron chi connectivity index (χ4n) is 3.78. The van der Waals surface area contributed by atoms with Gasteiger partial charge in [0.1, 0.15) is 5.75 Å². The van der Waals surface area contributed by atoms with E-state index in [0.717, 1.165) is 44.8 Å². The Morgan fingerprint density at radius 2 is 1.84 bits per heavy atom. The number of methoxy groups -OCH3 is 2. The molecule has 32 heavy (non-hydrogen) atoms. The number of carbonyl (C=O) groups is 1. The third kappa shape index (κ3) is 4.24. The van der Waals surface area contributed by atoms with Crippen LogP contribution >= 0.6 is 11.3 Å². The Morgan fingerprint density at radius 3 is 2.56 bits per heavy atom. The van der Waals surface area contributed by atoms with Crippen molar-refractivity contribution in [1.29, 1.82) is 0 Å². The molecule has 7 heteroatoms. The summed E-state index contributed by atoms with van der Waals surface area (Å²) in [4.78, 5) is 16.5. The lowest BCUT2D eigenvalue weighted by Crippen LogP contribution is -2.03. The number of nitrogens with one attached hydrogen (secondary N) is 1. The van der Waals surface area contributed by atoms with Crippen molar-refractivity contribution in [2.24, 2.45) is 0 Å². The molecule has 0 aliphatic rings. The zero-order valence-electron chi connectivity index (χ0n) is 18.5. The molecule has 2 aromatic heterocycles. The molecule has 1 N–H and O–H groups in total.